The van der Waals surface area contributed by atoms with Crippen molar-refractivity contribution >= 4 is 17.0 Å². The predicted octanol–water partition coefficient (Wildman–Crippen LogP) is 3.42. The number of nitrogens with zero attached hydrogens (tertiary/aromatic N) is 9. The molecule has 0 bridgehead atoms. The first-order valence-electron chi connectivity index (χ1n) is 10.5. The summed E-state index contributed by atoms with van der Waals surface area (Å²) >= 11 is 0. The number of nitrogens with one attached hydrogen (secondary N) is 1. The summed E-state index contributed by atoms with van der Waals surface area (Å²) < 4.78 is 10.7. The van der Waals surface area contributed by atoms with Crippen molar-refractivity contribution in [1.82, 2.24) is 43.9 Å². The maximum absolute atomic E-state index is 5.06. The van der Waals surface area contributed by atoms with E-state index in [1.54, 1.807) is 18.6 Å². The zero-order chi connectivity index (χ0) is 23.1. The highest BCUT2D eigenvalue weighted by molar-refractivity contribution is 5.84. The van der Waals surface area contributed by atoms with Gasteiger partial charge in [-0.15, -0.1) is 5.10 Å². The first kappa shape index (κ1) is 20.6. The normalized spacial score (nSPS) is 11.5. The largest absolute Gasteiger partial charge is 0.467 e. The van der Waals surface area contributed by atoms with Crippen molar-refractivity contribution in [3.05, 3.63) is 48.8 Å². The zero-order valence-electron chi connectivity index (χ0n) is 19.1. The van der Waals surface area contributed by atoms with Crippen LogP contribution in [0.1, 0.15) is 25.5 Å². The van der Waals surface area contributed by atoms with Gasteiger partial charge < -0.3 is 14.6 Å². The second-order valence-electron chi connectivity index (χ2n) is 7.96. The quantitative estimate of drug-likeness (QED) is 0.424. The molecule has 0 unspecified atom stereocenters. The molecule has 0 spiro atoms. The summed E-state index contributed by atoms with van der Waals surface area (Å²) in [6.45, 7) is 6.24. The molecule has 0 aliphatic heterocycles. The highest BCUT2D eigenvalue weighted by Crippen LogP contribution is 2.32. The molecule has 0 aliphatic carbocycles. The molecule has 0 atom stereocenters. The fraction of sp³-hybridized carbons (Fsp3) is 0.273. The molecule has 0 radical (unpaired) electrons. The summed E-state index contributed by atoms with van der Waals surface area (Å²) in [5.74, 6) is 1.76. The van der Waals surface area contributed by atoms with Gasteiger partial charge in [-0.25, -0.2) is 24.5 Å². The minimum absolute atomic E-state index is 0.276. The summed E-state index contributed by atoms with van der Waals surface area (Å²) in [7, 11) is 3.44. The molecule has 0 aromatic carbocycles. The summed E-state index contributed by atoms with van der Waals surface area (Å²) in [4.78, 5) is 17.6. The van der Waals surface area contributed by atoms with E-state index in [0.717, 1.165) is 22.3 Å². The lowest BCUT2D eigenvalue weighted by Gasteiger charge is -2.10. The van der Waals surface area contributed by atoms with Crippen molar-refractivity contribution in [3.8, 4) is 28.9 Å². The van der Waals surface area contributed by atoms with E-state index < -0.39 is 0 Å². The molecule has 5 rings (SSSR count). The van der Waals surface area contributed by atoms with E-state index in [2.05, 4.69) is 34.1 Å². The van der Waals surface area contributed by atoms with E-state index in [0.29, 0.717) is 29.2 Å². The van der Waals surface area contributed by atoms with Crippen LogP contribution in [-0.4, -0.2) is 51.0 Å². The maximum Gasteiger partial charge on any atom is 0.316 e. The van der Waals surface area contributed by atoms with E-state index in [-0.39, 0.29) is 6.04 Å². The average Bonchev–Trinajstić information content (AvgIpc) is 3.53. The van der Waals surface area contributed by atoms with Crippen molar-refractivity contribution in [2.45, 2.75) is 26.8 Å². The third kappa shape index (κ3) is 3.67. The van der Waals surface area contributed by atoms with Gasteiger partial charge in [0.25, 0.3) is 0 Å². The molecule has 5 aromatic heterocycles. The number of anilines is 2. The number of rotatable bonds is 6. The Morgan fingerprint density at radius 1 is 1.06 bits per heavy atom. The van der Waals surface area contributed by atoms with Crippen molar-refractivity contribution < 1.29 is 4.74 Å². The lowest BCUT2D eigenvalue weighted by molar-refractivity contribution is 0.380. The molecule has 0 saturated carbocycles. The molecule has 11 heteroatoms. The molecule has 11 nitrogen and oxygen atoms in total. The predicted molar refractivity (Wildman–Crippen MR) is 123 cm³/mol. The SMILES string of the molecule is COc1ncc(Nc2nc(-c3nccn3C)nn3cc(-c4ccn(C(C)C)n4)c(C)c23)cn1. The van der Waals surface area contributed by atoms with Crippen LogP contribution >= 0.6 is 0 Å². The highest BCUT2D eigenvalue weighted by atomic mass is 16.5. The van der Waals surface area contributed by atoms with Crippen molar-refractivity contribution in [2.24, 2.45) is 7.05 Å². The molecular weight excluding hydrogens is 420 g/mol. The van der Waals surface area contributed by atoms with Gasteiger partial charge in [0.2, 0.25) is 5.82 Å². The zero-order valence-corrected chi connectivity index (χ0v) is 19.1. The number of hydrogen-bond donors (Lipinski definition) is 1. The van der Waals surface area contributed by atoms with Crippen LogP contribution in [0.2, 0.25) is 0 Å². The Morgan fingerprint density at radius 3 is 2.48 bits per heavy atom. The Labute approximate surface area is 190 Å². The van der Waals surface area contributed by atoms with Gasteiger partial charge in [-0.2, -0.15) is 5.10 Å². The minimum atomic E-state index is 0.276. The third-order valence-corrected chi connectivity index (χ3v) is 5.39. The molecule has 168 valence electrons. The molecule has 0 saturated heterocycles. The van der Waals surface area contributed by atoms with Crippen LogP contribution in [0.4, 0.5) is 11.5 Å². The smallest absolute Gasteiger partial charge is 0.316 e. The number of fused-ring (bicyclic) bond motifs is 1. The Kier molecular flexibility index (Phi) is 5.00. The monoisotopic (exact) mass is 444 g/mol. The van der Waals surface area contributed by atoms with Crippen LogP contribution in [0.25, 0.3) is 28.4 Å². The number of hydrogen-bond acceptors (Lipinski definition) is 8. The Hall–Kier alpha value is -4.28. The number of ether oxygens (including phenoxy) is 1. The second-order valence-corrected chi connectivity index (χ2v) is 7.96. The molecule has 0 amide bonds. The fourth-order valence-corrected chi connectivity index (χ4v) is 3.64. The maximum atomic E-state index is 5.06. The minimum Gasteiger partial charge on any atom is -0.467 e. The topological polar surface area (TPSA) is 113 Å². The second kappa shape index (κ2) is 8.01. The highest BCUT2D eigenvalue weighted by Gasteiger charge is 2.20. The van der Waals surface area contributed by atoms with Crippen LogP contribution in [0.15, 0.2) is 43.2 Å². The standard InChI is InChI=1S/C22H24N10O/c1-13(2)31-8-6-17(28-31)16-12-32-18(14(16)3)19(26-15-10-24-22(33-5)25-11-15)27-20(29-32)21-23-7-9-30(21)4/h6-13H,1-5H3,(H,26,27,29). The van der Waals surface area contributed by atoms with Gasteiger partial charge in [0, 0.05) is 43.4 Å². The number of methoxy groups -OCH3 is 1. The van der Waals surface area contributed by atoms with Gasteiger partial charge in [-0.3, -0.25) is 4.68 Å². The lowest BCUT2D eigenvalue weighted by atomic mass is 10.1. The van der Waals surface area contributed by atoms with E-state index >= 15 is 0 Å². The first-order valence-corrected chi connectivity index (χ1v) is 10.5. The average molecular weight is 445 g/mol. The summed E-state index contributed by atoms with van der Waals surface area (Å²) in [6.07, 6.45) is 10.8. The van der Waals surface area contributed by atoms with E-state index in [4.69, 9.17) is 19.9 Å². The van der Waals surface area contributed by atoms with Crippen molar-refractivity contribution in [1.29, 1.82) is 0 Å². The summed E-state index contributed by atoms with van der Waals surface area (Å²) in [5.41, 5.74) is 4.37. The van der Waals surface area contributed by atoms with Gasteiger partial charge in [0.15, 0.2) is 11.6 Å². The van der Waals surface area contributed by atoms with E-state index in [1.807, 2.05) is 52.4 Å². The van der Waals surface area contributed by atoms with Crippen LogP contribution in [-0.2, 0) is 7.05 Å². The van der Waals surface area contributed by atoms with Crippen molar-refractivity contribution in [2.75, 3.05) is 12.4 Å². The van der Waals surface area contributed by atoms with Crippen LogP contribution in [0.5, 0.6) is 6.01 Å². The van der Waals surface area contributed by atoms with Gasteiger partial charge in [-0.1, -0.05) is 0 Å². The van der Waals surface area contributed by atoms with Crippen molar-refractivity contribution in [3.63, 3.8) is 0 Å². The van der Waals surface area contributed by atoms with Gasteiger partial charge in [0.05, 0.1) is 30.9 Å². The molecule has 0 fully saturated rings. The van der Waals surface area contributed by atoms with Crippen LogP contribution in [0.3, 0.4) is 0 Å². The fourth-order valence-electron chi connectivity index (χ4n) is 3.64. The number of aromatic nitrogens is 9. The Morgan fingerprint density at radius 2 is 1.85 bits per heavy atom. The van der Waals surface area contributed by atoms with E-state index in [9.17, 15) is 0 Å². The Balaban J connectivity index is 1.67. The van der Waals surface area contributed by atoms with E-state index in [1.165, 1.54) is 7.11 Å². The number of aryl methyl sites for hydroxylation is 2. The molecule has 1 N–H and O–H groups in total. The third-order valence-electron chi connectivity index (χ3n) is 5.39. The van der Waals surface area contributed by atoms with Crippen LogP contribution < -0.4 is 10.1 Å². The molecular formula is C22H24N10O. The van der Waals surface area contributed by atoms with Gasteiger partial charge >= 0.3 is 6.01 Å². The molecule has 0 aliphatic rings. The van der Waals surface area contributed by atoms with Crippen LogP contribution in [0, 0.1) is 6.92 Å². The number of imidazole rings is 1. The lowest BCUT2D eigenvalue weighted by Crippen LogP contribution is -2.06. The Bertz CT molecular complexity index is 1430. The molecule has 33 heavy (non-hydrogen) atoms. The van der Waals surface area contributed by atoms with Gasteiger partial charge in [-0.05, 0) is 32.4 Å². The molecule has 5 aromatic rings. The summed E-state index contributed by atoms with van der Waals surface area (Å²) in [6, 6.07) is 2.58. The first-order chi connectivity index (χ1) is 15.9. The van der Waals surface area contributed by atoms with Gasteiger partial charge in [0.1, 0.15) is 5.52 Å². The summed E-state index contributed by atoms with van der Waals surface area (Å²) in [5, 5.41) is 12.8. The molecule has 5 heterocycles.